The van der Waals surface area contributed by atoms with Gasteiger partial charge in [0, 0.05) is 37.7 Å². The van der Waals surface area contributed by atoms with Crippen LogP contribution in [0, 0.1) is 0 Å². The lowest BCUT2D eigenvalue weighted by atomic mass is 10.2. The largest absolute Gasteiger partial charge is 0.324 e. The zero-order valence-corrected chi connectivity index (χ0v) is 16.6. The molecule has 1 aliphatic rings. The minimum Gasteiger partial charge on any atom is -0.324 e. The van der Waals surface area contributed by atoms with Gasteiger partial charge in [-0.25, -0.2) is 0 Å². The summed E-state index contributed by atoms with van der Waals surface area (Å²) < 4.78 is 0. The molecule has 6 heteroatoms. The van der Waals surface area contributed by atoms with E-state index >= 15 is 0 Å². The van der Waals surface area contributed by atoms with Crippen LogP contribution in [0.1, 0.15) is 5.56 Å². The van der Waals surface area contributed by atoms with E-state index in [0.29, 0.717) is 22.3 Å². The van der Waals surface area contributed by atoms with Gasteiger partial charge in [-0.05, 0) is 23.8 Å². The molecule has 2 aromatic rings. The van der Waals surface area contributed by atoms with Crippen LogP contribution < -0.4 is 5.32 Å². The molecule has 1 aliphatic heterocycles. The number of halogens is 2. The molecule has 1 saturated heterocycles. The molecular formula is C21H23Cl2N3O. The second-order valence-electron chi connectivity index (χ2n) is 6.56. The SMILES string of the molecule is O=C(CN1CCN(C/C=C/c2ccccc2)CC1)Nc1cc(Cl)ccc1Cl. The first kappa shape index (κ1) is 19.9. The van der Waals surface area contributed by atoms with Gasteiger partial charge in [-0.15, -0.1) is 0 Å². The summed E-state index contributed by atoms with van der Waals surface area (Å²) in [4.78, 5) is 16.8. The van der Waals surface area contributed by atoms with Crippen molar-refractivity contribution in [3.8, 4) is 0 Å². The van der Waals surface area contributed by atoms with E-state index in [1.807, 2.05) is 18.2 Å². The van der Waals surface area contributed by atoms with Gasteiger partial charge in [-0.1, -0.05) is 65.7 Å². The highest BCUT2D eigenvalue weighted by Gasteiger charge is 2.18. The van der Waals surface area contributed by atoms with Crippen LogP contribution in [0.15, 0.2) is 54.6 Å². The molecule has 1 fully saturated rings. The van der Waals surface area contributed by atoms with Gasteiger partial charge in [0.15, 0.2) is 0 Å². The van der Waals surface area contributed by atoms with Crippen molar-refractivity contribution in [1.82, 2.24) is 9.80 Å². The number of anilines is 1. The number of hydrogen-bond donors (Lipinski definition) is 1. The Kier molecular flexibility index (Phi) is 7.30. The van der Waals surface area contributed by atoms with Crippen molar-refractivity contribution in [3.05, 3.63) is 70.2 Å². The summed E-state index contributed by atoms with van der Waals surface area (Å²) in [6.07, 6.45) is 4.34. The van der Waals surface area contributed by atoms with Crippen LogP contribution >= 0.6 is 23.2 Å². The first-order chi connectivity index (χ1) is 13.1. The zero-order valence-electron chi connectivity index (χ0n) is 15.1. The summed E-state index contributed by atoms with van der Waals surface area (Å²) in [5.74, 6) is -0.0726. The molecule has 0 radical (unpaired) electrons. The summed E-state index contributed by atoms with van der Waals surface area (Å²) >= 11 is 12.1. The highest BCUT2D eigenvalue weighted by molar-refractivity contribution is 6.35. The van der Waals surface area contributed by atoms with Gasteiger partial charge in [0.2, 0.25) is 5.91 Å². The third-order valence-corrected chi connectivity index (χ3v) is 5.07. The molecule has 4 nitrogen and oxygen atoms in total. The van der Waals surface area contributed by atoms with E-state index in [1.165, 1.54) is 5.56 Å². The molecule has 0 spiro atoms. The molecule has 0 saturated carbocycles. The van der Waals surface area contributed by atoms with E-state index in [0.717, 1.165) is 32.7 Å². The standard InChI is InChI=1S/C21H23Cl2N3O/c22-18-8-9-19(23)20(15-18)24-21(27)16-26-13-11-25(12-14-26)10-4-7-17-5-2-1-3-6-17/h1-9,15H,10-14,16H2,(H,24,27)/b7-4+. The monoisotopic (exact) mass is 403 g/mol. The second kappa shape index (κ2) is 9.90. The maximum absolute atomic E-state index is 12.3. The third-order valence-electron chi connectivity index (χ3n) is 4.51. The summed E-state index contributed by atoms with van der Waals surface area (Å²) in [6, 6.07) is 15.3. The molecule has 2 aromatic carbocycles. The molecule has 1 N–H and O–H groups in total. The van der Waals surface area contributed by atoms with Crippen LogP contribution in [-0.4, -0.2) is 55.0 Å². The highest BCUT2D eigenvalue weighted by Crippen LogP contribution is 2.25. The topological polar surface area (TPSA) is 35.6 Å². The van der Waals surface area contributed by atoms with Crippen LogP contribution in [0.5, 0.6) is 0 Å². The van der Waals surface area contributed by atoms with Gasteiger partial charge in [0.1, 0.15) is 0 Å². The normalized spacial score (nSPS) is 15.9. The predicted molar refractivity (Wildman–Crippen MR) is 113 cm³/mol. The van der Waals surface area contributed by atoms with Gasteiger partial charge in [-0.2, -0.15) is 0 Å². The van der Waals surface area contributed by atoms with Crippen molar-refractivity contribution >= 4 is 40.9 Å². The fourth-order valence-electron chi connectivity index (χ4n) is 3.02. The summed E-state index contributed by atoms with van der Waals surface area (Å²) in [6.45, 7) is 4.92. The quantitative estimate of drug-likeness (QED) is 0.782. The number of nitrogens with zero attached hydrogens (tertiary/aromatic N) is 2. The van der Waals surface area contributed by atoms with Crippen molar-refractivity contribution in [2.24, 2.45) is 0 Å². The molecule has 3 rings (SSSR count). The number of carbonyl (C=O) groups is 1. The summed E-state index contributed by atoms with van der Waals surface area (Å²) in [5, 5.41) is 3.88. The molecular weight excluding hydrogens is 381 g/mol. The first-order valence-corrected chi connectivity index (χ1v) is 9.77. The first-order valence-electron chi connectivity index (χ1n) is 9.01. The van der Waals surface area contributed by atoms with E-state index in [9.17, 15) is 4.79 Å². The van der Waals surface area contributed by atoms with E-state index < -0.39 is 0 Å². The maximum atomic E-state index is 12.3. The fraction of sp³-hybridized carbons (Fsp3) is 0.286. The average Bonchev–Trinajstić information content (AvgIpc) is 2.67. The Morgan fingerprint density at radius 3 is 2.44 bits per heavy atom. The van der Waals surface area contributed by atoms with Crippen LogP contribution in [0.4, 0.5) is 5.69 Å². The lowest BCUT2D eigenvalue weighted by Gasteiger charge is -2.33. The van der Waals surface area contributed by atoms with E-state index in [-0.39, 0.29) is 5.91 Å². The Labute approximate surface area is 170 Å². The number of carbonyl (C=O) groups excluding carboxylic acids is 1. The third kappa shape index (κ3) is 6.36. The second-order valence-corrected chi connectivity index (χ2v) is 7.41. The van der Waals surface area contributed by atoms with Crippen molar-refractivity contribution in [1.29, 1.82) is 0 Å². The lowest BCUT2D eigenvalue weighted by molar-refractivity contribution is -0.117. The molecule has 0 unspecified atom stereocenters. The summed E-state index contributed by atoms with van der Waals surface area (Å²) in [5.41, 5.74) is 1.77. The van der Waals surface area contributed by atoms with Crippen molar-refractivity contribution in [3.63, 3.8) is 0 Å². The number of amides is 1. The number of nitrogens with one attached hydrogen (secondary N) is 1. The van der Waals surface area contributed by atoms with Crippen LogP contribution in [-0.2, 0) is 4.79 Å². The van der Waals surface area contributed by atoms with E-state index in [1.54, 1.807) is 18.2 Å². The molecule has 27 heavy (non-hydrogen) atoms. The van der Waals surface area contributed by atoms with Crippen molar-refractivity contribution in [2.75, 3.05) is 44.6 Å². The summed E-state index contributed by atoms with van der Waals surface area (Å²) in [7, 11) is 0. The molecule has 1 amide bonds. The smallest absolute Gasteiger partial charge is 0.238 e. The van der Waals surface area contributed by atoms with E-state index in [2.05, 4.69) is 39.4 Å². The number of hydrogen-bond acceptors (Lipinski definition) is 3. The van der Waals surface area contributed by atoms with E-state index in [4.69, 9.17) is 23.2 Å². The van der Waals surface area contributed by atoms with Gasteiger partial charge in [-0.3, -0.25) is 14.6 Å². The number of benzene rings is 2. The maximum Gasteiger partial charge on any atom is 0.238 e. The van der Waals surface area contributed by atoms with Crippen LogP contribution in [0.2, 0.25) is 10.0 Å². The Hall–Kier alpha value is -1.85. The molecule has 142 valence electrons. The Morgan fingerprint density at radius 1 is 1.00 bits per heavy atom. The van der Waals surface area contributed by atoms with Crippen LogP contribution in [0.25, 0.3) is 6.08 Å². The Balaban J connectivity index is 1.40. The van der Waals surface area contributed by atoms with Gasteiger partial charge in [0.05, 0.1) is 17.3 Å². The number of rotatable bonds is 6. The fourth-order valence-corrected chi connectivity index (χ4v) is 3.35. The van der Waals surface area contributed by atoms with Gasteiger partial charge >= 0.3 is 0 Å². The lowest BCUT2D eigenvalue weighted by Crippen LogP contribution is -2.48. The average molecular weight is 404 g/mol. The van der Waals surface area contributed by atoms with Gasteiger partial charge < -0.3 is 5.32 Å². The number of piperazine rings is 1. The Morgan fingerprint density at radius 2 is 1.70 bits per heavy atom. The molecule has 0 aromatic heterocycles. The molecule has 1 heterocycles. The minimum absolute atomic E-state index is 0.0726. The molecule has 0 aliphatic carbocycles. The zero-order chi connectivity index (χ0) is 19.1. The molecule has 0 atom stereocenters. The van der Waals surface area contributed by atoms with Crippen molar-refractivity contribution < 1.29 is 4.79 Å². The van der Waals surface area contributed by atoms with Gasteiger partial charge in [0.25, 0.3) is 0 Å². The van der Waals surface area contributed by atoms with Crippen LogP contribution in [0.3, 0.4) is 0 Å². The Bertz CT molecular complexity index is 787. The van der Waals surface area contributed by atoms with Crippen molar-refractivity contribution in [2.45, 2.75) is 0 Å². The molecule has 0 bridgehead atoms. The minimum atomic E-state index is -0.0726. The highest BCUT2D eigenvalue weighted by atomic mass is 35.5. The predicted octanol–water partition coefficient (Wildman–Crippen LogP) is 4.26.